The van der Waals surface area contributed by atoms with E-state index in [9.17, 15) is 50.6 Å². The summed E-state index contributed by atoms with van der Waals surface area (Å²) in [7, 11) is 0. The third-order valence-electron chi connectivity index (χ3n) is 4.96. The number of hydrogen-bond donors (Lipinski definition) is 2. The van der Waals surface area contributed by atoms with Crippen molar-refractivity contribution in [2.75, 3.05) is 19.7 Å². The van der Waals surface area contributed by atoms with E-state index in [2.05, 4.69) is 4.74 Å². The maximum absolute atomic E-state index is 12.8. The summed E-state index contributed by atoms with van der Waals surface area (Å²) in [5.41, 5.74) is -0.790. The number of alkyl carbamates (subject to hydrolysis) is 1. The van der Waals surface area contributed by atoms with E-state index >= 15 is 0 Å². The zero-order chi connectivity index (χ0) is 22.6. The number of nitrogens with zero attached hydrogens (tertiary/aromatic N) is 2. The number of halogens is 6. The Morgan fingerprint density at radius 3 is 2.29 bits per heavy atom. The standard InChI is InChI=1S/C15H13F6N3O6.Na.H/c16-14(17,18)4-22-13(29)30-3-6-1-5-2-23(12(28)15(19,20)21)9-7(5)24(10(9)25)8(6)11(26)27;;/h5,7,9H,1-4H2,(H,22,29)(H,26,27);;/t5-,7-,9+;;/m1../s1. The van der Waals surface area contributed by atoms with Crippen LogP contribution in [0.2, 0.25) is 0 Å². The number of rotatable bonds is 4. The number of alkyl halides is 6. The van der Waals surface area contributed by atoms with Gasteiger partial charge in [-0.25, -0.2) is 9.59 Å². The molecule has 0 aromatic heterocycles. The Kier molecular flexibility index (Phi) is 6.93. The summed E-state index contributed by atoms with van der Waals surface area (Å²) < 4.78 is 79.2. The SMILES string of the molecule is O=C(NCC(F)(F)F)OCC1=C(C(=O)O)N2C(=O)[C@@H]3[C@H]2[C@H](C1)CN3C(=O)C(F)(F)F.[NaH]. The number of likely N-dealkylation sites (tertiary alicyclic amines) is 1. The van der Waals surface area contributed by atoms with Crippen molar-refractivity contribution in [3.8, 4) is 0 Å². The molecule has 31 heavy (non-hydrogen) atoms. The van der Waals surface area contributed by atoms with Gasteiger partial charge < -0.3 is 20.1 Å². The molecule has 0 aliphatic carbocycles. The van der Waals surface area contributed by atoms with E-state index in [-0.39, 0.29) is 41.6 Å². The molecule has 0 aromatic rings. The number of carbonyl (C=O) groups is 4. The molecule has 3 atom stereocenters. The Hall–Kier alpha value is -2.00. The van der Waals surface area contributed by atoms with Crippen LogP contribution in [0, 0.1) is 5.92 Å². The third-order valence-corrected chi connectivity index (χ3v) is 4.96. The third kappa shape index (κ3) is 4.77. The van der Waals surface area contributed by atoms with Gasteiger partial charge in [-0.1, -0.05) is 0 Å². The zero-order valence-electron chi connectivity index (χ0n) is 14.7. The van der Waals surface area contributed by atoms with Gasteiger partial charge in [0, 0.05) is 12.5 Å². The molecule has 2 saturated heterocycles. The first kappa shape index (κ1) is 25.3. The van der Waals surface area contributed by atoms with E-state index in [1.54, 1.807) is 0 Å². The van der Waals surface area contributed by atoms with E-state index in [1.807, 2.05) is 0 Å². The van der Waals surface area contributed by atoms with Crippen LogP contribution in [0.3, 0.4) is 0 Å². The Balaban J connectivity index is 0.00000341. The molecule has 2 fully saturated rings. The topological polar surface area (TPSA) is 116 Å². The van der Waals surface area contributed by atoms with Crippen LogP contribution in [0.1, 0.15) is 6.42 Å². The molecule has 9 nitrogen and oxygen atoms in total. The number of β-lactam (4-membered cyclic amide) rings is 1. The van der Waals surface area contributed by atoms with Crippen molar-refractivity contribution in [3.05, 3.63) is 11.3 Å². The molecule has 0 saturated carbocycles. The van der Waals surface area contributed by atoms with E-state index in [0.717, 1.165) is 4.90 Å². The average Bonchev–Trinajstić information content (AvgIpc) is 2.97. The molecule has 3 aliphatic heterocycles. The molecule has 0 unspecified atom stereocenters. The molecule has 0 aromatic carbocycles. The molecule has 16 heteroatoms. The summed E-state index contributed by atoms with van der Waals surface area (Å²) in [5, 5.41) is 10.8. The molecular formula is C15H14F6N3NaO6. The number of amides is 3. The van der Waals surface area contributed by atoms with Gasteiger partial charge in [-0.15, -0.1) is 0 Å². The number of hydrogen-bond acceptors (Lipinski definition) is 5. The second kappa shape index (κ2) is 8.50. The molecule has 0 radical (unpaired) electrons. The Bertz CT molecular complexity index is 844. The first-order valence-corrected chi connectivity index (χ1v) is 8.36. The summed E-state index contributed by atoms with van der Waals surface area (Å²) in [6.45, 7) is -2.97. The van der Waals surface area contributed by atoms with Crippen LogP contribution in [-0.2, 0) is 19.1 Å². The molecular weight excluding hydrogens is 455 g/mol. The van der Waals surface area contributed by atoms with Crippen LogP contribution >= 0.6 is 0 Å². The summed E-state index contributed by atoms with van der Waals surface area (Å²) >= 11 is 0. The molecule has 0 bridgehead atoms. The molecule has 168 valence electrons. The minimum absolute atomic E-state index is 0. The average molecular weight is 469 g/mol. The number of ether oxygens (including phenoxy) is 1. The molecule has 3 heterocycles. The molecule has 3 aliphatic rings. The van der Waals surface area contributed by atoms with Crippen molar-refractivity contribution in [3.63, 3.8) is 0 Å². The predicted molar refractivity (Wildman–Crippen MR) is 87.5 cm³/mol. The fourth-order valence-corrected chi connectivity index (χ4v) is 3.91. The van der Waals surface area contributed by atoms with Gasteiger partial charge in [0.15, 0.2) is 0 Å². The van der Waals surface area contributed by atoms with E-state index in [1.165, 1.54) is 5.32 Å². The van der Waals surface area contributed by atoms with Gasteiger partial charge in [0.1, 0.15) is 24.9 Å². The zero-order valence-corrected chi connectivity index (χ0v) is 14.7. The van der Waals surface area contributed by atoms with Gasteiger partial charge in [0.2, 0.25) is 0 Å². The fourth-order valence-electron chi connectivity index (χ4n) is 3.91. The first-order chi connectivity index (χ1) is 13.7. The van der Waals surface area contributed by atoms with Crippen molar-refractivity contribution < 1.29 is 55.4 Å². The molecule has 3 rings (SSSR count). The quantitative estimate of drug-likeness (QED) is 0.340. The van der Waals surface area contributed by atoms with Crippen LogP contribution in [-0.4, -0.2) is 112 Å². The Morgan fingerprint density at radius 1 is 1.16 bits per heavy atom. The summed E-state index contributed by atoms with van der Waals surface area (Å²) in [4.78, 5) is 48.0. The number of carboxylic acid groups (broad SMARTS) is 1. The van der Waals surface area contributed by atoms with Gasteiger partial charge in [-0.05, 0) is 12.0 Å². The summed E-state index contributed by atoms with van der Waals surface area (Å²) in [6.07, 6.45) is -11.7. The second-order valence-corrected chi connectivity index (χ2v) is 6.87. The van der Waals surface area contributed by atoms with Gasteiger partial charge in [-0.2, -0.15) is 26.3 Å². The van der Waals surface area contributed by atoms with E-state index in [0.29, 0.717) is 4.90 Å². The number of carbonyl (C=O) groups excluding carboxylic acids is 3. The Morgan fingerprint density at radius 2 is 1.77 bits per heavy atom. The van der Waals surface area contributed by atoms with Crippen molar-refractivity contribution in [1.82, 2.24) is 15.1 Å². The van der Waals surface area contributed by atoms with Crippen LogP contribution < -0.4 is 5.32 Å². The second-order valence-electron chi connectivity index (χ2n) is 6.87. The Labute approximate surface area is 191 Å². The van der Waals surface area contributed by atoms with Gasteiger partial charge in [0.05, 0.1) is 6.04 Å². The van der Waals surface area contributed by atoms with Crippen LogP contribution in [0.25, 0.3) is 0 Å². The summed E-state index contributed by atoms with van der Waals surface area (Å²) in [6, 6.07) is -2.42. The minimum atomic E-state index is -5.22. The van der Waals surface area contributed by atoms with E-state index < -0.39 is 79.6 Å². The van der Waals surface area contributed by atoms with Crippen molar-refractivity contribution in [1.29, 1.82) is 0 Å². The summed E-state index contributed by atoms with van der Waals surface area (Å²) in [5.74, 6) is -5.64. The predicted octanol–water partition coefficient (Wildman–Crippen LogP) is -0.0311. The van der Waals surface area contributed by atoms with Crippen LogP contribution in [0.4, 0.5) is 31.1 Å². The van der Waals surface area contributed by atoms with Crippen LogP contribution in [0.15, 0.2) is 11.3 Å². The number of carboxylic acids is 1. The number of nitrogens with one attached hydrogen (secondary N) is 1. The van der Waals surface area contributed by atoms with Crippen molar-refractivity contribution in [2.45, 2.75) is 30.9 Å². The maximum atomic E-state index is 12.8. The van der Waals surface area contributed by atoms with Gasteiger partial charge in [-0.3, -0.25) is 14.5 Å². The van der Waals surface area contributed by atoms with Gasteiger partial charge >= 0.3 is 59.9 Å². The van der Waals surface area contributed by atoms with E-state index in [4.69, 9.17) is 0 Å². The fraction of sp³-hybridized carbons (Fsp3) is 0.600. The molecule has 0 spiro atoms. The number of aliphatic carboxylic acids is 1. The molecule has 2 N–H and O–H groups in total. The first-order valence-electron chi connectivity index (χ1n) is 8.36. The molecule has 3 amide bonds. The van der Waals surface area contributed by atoms with Gasteiger partial charge in [0.25, 0.3) is 5.91 Å². The monoisotopic (exact) mass is 469 g/mol. The normalized spacial score (nSPS) is 24.8. The van der Waals surface area contributed by atoms with Crippen molar-refractivity contribution >= 4 is 53.4 Å². The van der Waals surface area contributed by atoms with Crippen molar-refractivity contribution in [2.24, 2.45) is 5.92 Å². The van der Waals surface area contributed by atoms with Crippen LogP contribution in [0.5, 0.6) is 0 Å².